The summed E-state index contributed by atoms with van der Waals surface area (Å²) in [5, 5.41) is 8.66. The van der Waals surface area contributed by atoms with Gasteiger partial charge in [-0.2, -0.15) is 0 Å². The molecule has 20 heavy (non-hydrogen) atoms. The van der Waals surface area contributed by atoms with Crippen LogP contribution in [0.2, 0.25) is 0 Å². The number of rotatable bonds is 5. The lowest BCUT2D eigenvalue weighted by Crippen LogP contribution is -2.41. The molecule has 7 heteroatoms. The van der Waals surface area contributed by atoms with E-state index in [1.165, 1.54) is 0 Å². The molecule has 1 atom stereocenters. The molecular formula is C13H22IN5S. The number of imidazole rings is 1. The number of guanidine groups is 1. The summed E-state index contributed by atoms with van der Waals surface area (Å²) in [4.78, 5) is 10.1. The van der Waals surface area contributed by atoms with E-state index in [2.05, 4.69) is 41.4 Å². The highest BCUT2D eigenvalue weighted by Gasteiger charge is 2.04. The smallest absolute Gasteiger partial charge is 0.193 e. The Hall–Kier alpha value is -0.830. The molecule has 0 spiro atoms. The van der Waals surface area contributed by atoms with Gasteiger partial charge in [0, 0.05) is 30.4 Å². The van der Waals surface area contributed by atoms with Crippen LogP contribution in [0, 0.1) is 0 Å². The lowest BCUT2D eigenvalue weighted by atomic mass is 10.3. The molecule has 0 bridgehead atoms. The minimum Gasteiger partial charge on any atom is -0.357 e. The largest absolute Gasteiger partial charge is 0.357 e. The van der Waals surface area contributed by atoms with Crippen molar-refractivity contribution in [3.05, 3.63) is 23.5 Å². The lowest BCUT2D eigenvalue weighted by Gasteiger charge is -2.15. The zero-order valence-corrected chi connectivity index (χ0v) is 15.2. The Kier molecular flexibility index (Phi) is 7.28. The van der Waals surface area contributed by atoms with Gasteiger partial charge in [-0.15, -0.1) is 35.3 Å². The molecule has 0 aliphatic heterocycles. The maximum atomic E-state index is 4.57. The monoisotopic (exact) mass is 407 g/mol. The van der Waals surface area contributed by atoms with Crippen LogP contribution in [0.15, 0.2) is 22.8 Å². The summed E-state index contributed by atoms with van der Waals surface area (Å²) in [6.07, 6.45) is 5.12. The summed E-state index contributed by atoms with van der Waals surface area (Å²) in [6, 6.07) is 0.420. The molecule has 0 aromatic carbocycles. The molecule has 0 fully saturated rings. The molecule has 2 N–H and O–H groups in total. The Morgan fingerprint density at radius 2 is 2.30 bits per heavy atom. The molecule has 1 unspecified atom stereocenters. The lowest BCUT2D eigenvalue weighted by molar-refractivity contribution is 0.624. The topological polar surface area (TPSA) is 53.7 Å². The van der Waals surface area contributed by atoms with Crippen LogP contribution < -0.4 is 10.6 Å². The van der Waals surface area contributed by atoms with Gasteiger partial charge in [0.2, 0.25) is 0 Å². The SMILES string of the molecule is CCNC(=NCc1cn2ccsc2n1)NC(C)CC.I. The average molecular weight is 407 g/mol. The minimum absolute atomic E-state index is 0. The molecule has 0 amide bonds. The second-order valence-corrected chi connectivity index (χ2v) is 5.35. The van der Waals surface area contributed by atoms with Crippen LogP contribution in [0.3, 0.4) is 0 Å². The standard InChI is InChI=1S/C13H21N5S.HI/c1-4-10(3)16-12(14-5-2)15-8-11-9-18-6-7-19-13(18)17-11;/h6-7,9-10H,4-5,8H2,1-3H3,(H2,14,15,16);1H. The second-order valence-electron chi connectivity index (χ2n) is 4.47. The summed E-state index contributed by atoms with van der Waals surface area (Å²) in [7, 11) is 0. The predicted octanol–water partition coefficient (Wildman–Crippen LogP) is 2.87. The van der Waals surface area contributed by atoms with Gasteiger partial charge in [-0.05, 0) is 20.3 Å². The van der Waals surface area contributed by atoms with Crippen LogP contribution in [0.25, 0.3) is 4.96 Å². The predicted molar refractivity (Wildman–Crippen MR) is 96.2 cm³/mol. The van der Waals surface area contributed by atoms with Gasteiger partial charge in [0.25, 0.3) is 0 Å². The van der Waals surface area contributed by atoms with Gasteiger partial charge in [-0.25, -0.2) is 9.98 Å². The summed E-state index contributed by atoms with van der Waals surface area (Å²) in [5.41, 5.74) is 0.994. The van der Waals surface area contributed by atoms with Gasteiger partial charge in [-0.1, -0.05) is 6.92 Å². The van der Waals surface area contributed by atoms with Gasteiger partial charge in [0.1, 0.15) is 0 Å². The van der Waals surface area contributed by atoms with Gasteiger partial charge in [0.05, 0.1) is 12.2 Å². The molecule has 5 nitrogen and oxygen atoms in total. The molecule has 2 aromatic rings. The van der Waals surface area contributed by atoms with E-state index in [1.807, 2.05) is 22.2 Å². The fourth-order valence-electron chi connectivity index (χ4n) is 1.67. The van der Waals surface area contributed by atoms with Crippen molar-refractivity contribution in [1.82, 2.24) is 20.0 Å². The molecule has 2 aromatic heterocycles. The Labute approximate surface area is 140 Å². The molecule has 0 aliphatic carbocycles. The van der Waals surface area contributed by atoms with E-state index in [4.69, 9.17) is 0 Å². The fourth-order valence-corrected chi connectivity index (χ4v) is 2.39. The third-order valence-electron chi connectivity index (χ3n) is 2.88. The summed E-state index contributed by atoms with van der Waals surface area (Å²) in [6.45, 7) is 7.84. The van der Waals surface area contributed by atoms with E-state index in [0.717, 1.165) is 29.6 Å². The van der Waals surface area contributed by atoms with Gasteiger partial charge >= 0.3 is 0 Å². The van der Waals surface area contributed by atoms with E-state index in [1.54, 1.807) is 11.3 Å². The first-order valence-electron chi connectivity index (χ1n) is 6.68. The molecule has 2 rings (SSSR count). The Morgan fingerprint density at radius 3 is 2.95 bits per heavy atom. The van der Waals surface area contributed by atoms with Crippen molar-refractivity contribution < 1.29 is 0 Å². The number of halogens is 1. The van der Waals surface area contributed by atoms with Crippen molar-refractivity contribution in [2.45, 2.75) is 39.8 Å². The maximum Gasteiger partial charge on any atom is 0.193 e. The van der Waals surface area contributed by atoms with E-state index in [0.29, 0.717) is 12.6 Å². The van der Waals surface area contributed by atoms with Crippen molar-refractivity contribution in [3.63, 3.8) is 0 Å². The minimum atomic E-state index is 0. The molecule has 0 saturated carbocycles. The zero-order valence-electron chi connectivity index (χ0n) is 12.1. The number of nitrogens with zero attached hydrogens (tertiary/aromatic N) is 3. The number of fused-ring (bicyclic) bond motifs is 1. The molecular weight excluding hydrogens is 385 g/mol. The van der Waals surface area contributed by atoms with Crippen molar-refractivity contribution in [2.75, 3.05) is 6.54 Å². The number of aromatic nitrogens is 2. The Balaban J connectivity index is 0.00000200. The first-order valence-corrected chi connectivity index (χ1v) is 7.56. The number of aliphatic imine (C=N–C) groups is 1. The first-order chi connectivity index (χ1) is 9.22. The van der Waals surface area contributed by atoms with Crippen LogP contribution >= 0.6 is 35.3 Å². The molecule has 0 saturated heterocycles. The highest BCUT2D eigenvalue weighted by Crippen LogP contribution is 2.11. The second kappa shape index (κ2) is 8.46. The number of thiazole rings is 1. The normalized spacial score (nSPS) is 13.1. The van der Waals surface area contributed by atoms with Crippen LogP contribution in [0.1, 0.15) is 32.9 Å². The van der Waals surface area contributed by atoms with Crippen molar-refractivity contribution in [3.8, 4) is 0 Å². The zero-order chi connectivity index (χ0) is 13.7. The van der Waals surface area contributed by atoms with Crippen molar-refractivity contribution in [1.29, 1.82) is 0 Å². The van der Waals surface area contributed by atoms with Crippen LogP contribution in [0.5, 0.6) is 0 Å². The third kappa shape index (κ3) is 4.62. The van der Waals surface area contributed by atoms with E-state index in [-0.39, 0.29) is 24.0 Å². The summed E-state index contributed by atoms with van der Waals surface area (Å²) in [5.74, 6) is 0.855. The summed E-state index contributed by atoms with van der Waals surface area (Å²) < 4.78 is 2.03. The number of hydrogen-bond acceptors (Lipinski definition) is 3. The quantitative estimate of drug-likeness (QED) is 0.455. The van der Waals surface area contributed by atoms with Crippen LogP contribution in [-0.2, 0) is 6.54 Å². The molecule has 2 heterocycles. The maximum absolute atomic E-state index is 4.57. The molecule has 0 radical (unpaired) electrons. The van der Waals surface area contributed by atoms with Crippen LogP contribution in [0.4, 0.5) is 0 Å². The summed E-state index contributed by atoms with van der Waals surface area (Å²) >= 11 is 1.64. The van der Waals surface area contributed by atoms with Gasteiger partial charge in [0.15, 0.2) is 10.9 Å². The highest BCUT2D eigenvalue weighted by molar-refractivity contribution is 14.0. The Morgan fingerprint density at radius 1 is 1.50 bits per heavy atom. The van der Waals surface area contributed by atoms with E-state index < -0.39 is 0 Å². The molecule has 0 aliphatic rings. The Bertz CT molecular complexity index is 519. The molecule has 112 valence electrons. The number of hydrogen-bond donors (Lipinski definition) is 2. The highest BCUT2D eigenvalue weighted by atomic mass is 127. The average Bonchev–Trinajstić information content (AvgIpc) is 2.96. The first kappa shape index (κ1) is 17.2. The van der Waals surface area contributed by atoms with E-state index in [9.17, 15) is 0 Å². The van der Waals surface area contributed by atoms with Crippen molar-refractivity contribution in [2.24, 2.45) is 4.99 Å². The van der Waals surface area contributed by atoms with Gasteiger partial charge in [-0.3, -0.25) is 4.40 Å². The van der Waals surface area contributed by atoms with Crippen molar-refractivity contribution >= 4 is 46.2 Å². The number of nitrogens with one attached hydrogen (secondary N) is 2. The third-order valence-corrected chi connectivity index (χ3v) is 3.65. The van der Waals surface area contributed by atoms with Gasteiger partial charge < -0.3 is 10.6 Å². The van der Waals surface area contributed by atoms with E-state index >= 15 is 0 Å². The fraction of sp³-hybridized carbons (Fsp3) is 0.538. The van der Waals surface area contributed by atoms with Crippen LogP contribution in [-0.4, -0.2) is 27.9 Å².